The fourth-order valence-corrected chi connectivity index (χ4v) is 5.74. The second-order valence-electron chi connectivity index (χ2n) is 10.7. The van der Waals surface area contributed by atoms with Gasteiger partial charge in [0.1, 0.15) is 23.0 Å². The molecule has 0 spiro atoms. The fourth-order valence-electron chi connectivity index (χ4n) is 5.57. The van der Waals surface area contributed by atoms with Crippen molar-refractivity contribution in [1.82, 2.24) is 35.1 Å². The van der Waals surface area contributed by atoms with Crippen molar-refractivity contribution in [2.45, 2.75) is 63.6 Å². The smallest absolute Gasteiger partial charge is 0.317 e. The molecule has 12 heteroatoms. The topological polar surface area (TPSA) is 118 Å². The zero-order chi connectivity index (χ0) is 28.8. The number of rotatable bonds is 8. The van der Waals surface area contributed by atoms with Crippen molar-refractivity contribution in [3.63, 3.8) is 0 Å². The number of nitrogens with one attached hydrogen (secondary N) is 2. The van der Waals surface area contributed by atoms with E-state index < -0.39 is 0 Å². The molecular weight excluding hydrogens is 544 g/mol. The normalized spacial score (nSPS) is 18.6. The zero-order valence-corrected chi connectivity index (χ0v) is 24.3. The molecule has 2 atom stereocenters. The Hall–Kier alpha value is -3.86. The number of imidazole rings is 1. The van der Waals surface area contributed by atoms with Gasteiger partial charge in [-0.05, 0) is 37.5 Å². The van der Waals surface area contributed by atoms with Crippen LogP contribution >= 0.6 is 11.6 Å². The van der Waals surface area contributed by atoms with E-state index in [2.05, 4.69) is 20.6 Å². The van der Waals surface area contributed by atoms with Crippen LogP contribution in [0.3, 0.4) is 0 Å². The predicted molar refractivity (Wildman–Crippen MR) is 156 cm³/mol. The van der Waals surface area contributed by atoms with E-state index in [9.17, 15) is 9.59 Å². The van der Waals surface area contributed by atoms with Crippen molar-refractivity contribution < 1.29 is 14.3 Å². The SMILES string of the molecule is COc1cccc(C(C)NC(=O)CC2CN(C(=O)NC3CCCCC3)CCN2c2cc(Cl)nc(-n3ccnc3)n2)c1. The minimum Gasteiger partial charge on any atom is -0.497 e. The summed E-state index contributed by atoms with van der Waals surface area (Å²) >= 11 is 6.41. The summed E-state index contributed by atoms with van der Waals surface area (Å²) in [7, 11) is 1.62. The molecule has 11 nitrogen and oxygen atoms in total. The number of piperazine rings is 1. The average Bonchev–Trinajstić information content (AvgIpc) is 3.53. The Kier molecular flexibility index (Phi) is 9.23. The molecule has 5 rings (SSSR count). The number of hydrogen-bond acceptors (Lipinski definition) is 7. The summed E-state index contributed by atoms with van der Waals surface area (Å²) in [6.07, 6.45) is 10.7. The highest BCUT2D eigenvalue weighted by atomic mass is 35.5. The number of hydrogen-bond donors (Lipinski definition) is 2. The zero-order valence-electron chi connectivity index (χ0n) is 23.5. The van der Waals surface area contributed by atoms with E-state index in [0.29, 0.717) is 31.4 Å². The second kappa shape index (κ2) is 13.2. The number of halogens is 1. The Labute approximate surface area is 245 Å². The van der Waals surface area contributed by atoms with Crippen LogP contribution in [-0.4, -0.2) is 75.2 Å². The Balaban J connectivity index is 1.34. The van der Waals surface area contributed by atoms with Crippen LogP contribution in [0.1, 0.15) is 57.1 Å². The molecule has 1 saturated carbocycles. The largest absolute Gasteiger partial charge is 0.497 e. The van der Waals surface area contributed by atoms with Crippen LogP contribution < -0.4 is 20.3 Å². The Bertz CT molecular complexity index is 1330. The molecular formula is C29H37ClN8O3. The van der Waals surface area contributed by atoms with Crippen molar-refractivity contribution in [1.29, 1.82) is 0 Å². The van der Waals surface area contributed by atoms with E-state index in [1.807, 2.05) is 41.0 Å². The molecule has 2 N–H and O–H groups in total. The molecule has 1 aliphatic carbocycles. The van der Waals surface area contributed by atoms with Gasteiger partial charge in [-0.2, -0.15) is 4.98 Å². The van der Waals surface area contributed by atoms with Gasteiger partial charge in [0, 0.05) is 50.6 Å². The maximum atomic E-state index is 13.4. The lowest BCUT2D eigenvalue weighted by Crippen LogP contribution is -2.59. The van der Waals surface area contributed by atoms with Crippen LogP contribution in [0.25, 0.3) is 5.95 Å². The maximum absolute atomic E-state index is 13.4. The van der Waals surface area contributed by atoms with E-state index in [1.165, 1.54) is 6.42 Å². The lowest BCUT2D eigenvalue weighted by atomic mass is 9.96. The van der Waals surface area contributed by atoms with Crippen LogP contribution in [0.4, 0.5) is 10.6 Å². The minimum atomic E-state index is -0.319. The van der Waals surface area contributed by atoms with Crippen molar-refractivity contribution in [3.05, 3.63) is 59.8 Å². The van der Waals surface area contributed by atoms with Crippen molar-refractivity contribution >= 4 is 29.4 Å². The molecule has 3 amide bonds. The molecule has 1 aromatic carbocycles. The summed E-state index contributed by atoms with van der Waals surface area (Å²) in [6.45, 7) is 3.31. The maximum Gasteiger partial charge on any atom is 0.317 e. The fraction of sp³-hybridized carbons (Fsp3) is 0.483. The van der Waals surface area contributed by atoms with E-state index in [1.54, 1.807) is 36.5 Å². The molecule has 2 fully saturated rings. The monoisotopic (exact) mass is 580 g/mol. The Morgan fingerprint density at radius 2 is 1.98 bits per heavy atom. The number of carbonyl (C=O) groups excluding carboxylic acids is 2. The first-order valence-electron chi connectivity index (χ1n) is 14.2. The number of carbonyl (C=O) groups is 2. The van der Waals surface area contributed by atoms with Gasteiger partial charge < -0.3 is 25.2 Å². The van der Waals surface area contributed by atoms with E-state index in [-0.39, 0.29) is 41.6 Å². The number of ether oxygens (including phenoxy) is 1. The standard InChI is InChI=1S/C29H37ClN8O3/c1-20(21-7-6-10-24(15-21)41-2)32-27(39)16-23-18-36(29(40)33-22-8-4-3-5-9-22)13-14-38(23)26-17-25(30)34-28(35-26)37-12-11-31-19-37/h6-7,10-12,15,17,19-20,22-23H,3-5,8-9,13-14,16,18H2,1-2H3,(H,32,39)(H,33,40). The minimum absolute atomic E-state index is 0.0773. The number of aromatic nitrogens is 4. The number of urea groups is 1. The Morgan fingerprint density at radius 1 is 1.15 bits per heavy atom. The van der Waals surface area contributed by atoms with Gasteiger partial charge in [0.05, 0.1) is 19.2 Å². The highest BCUT2D eigenvalue weighted by molar-refractivity contribution is 6.29. The third-order valence-electron chi connectivity index (χ3n) is 7.79. The molecule has 1 saturated heterocycles. The summed E-state index contributed by atoms with van der Waals surface area (Å²) in [6, 6.07) is 8.93. The number of methoxy groups -OCH3 is 1. The third-order valence-corrected chi connectivity index (χ3v) is 7.99. The molecule has 2 unspecified atom stereocenters. The number of benzene rings is 1. The molecule has 2 aliphatic rings. The third kappa shape index (κ3) is 7.27. The molecule has 3 aromatic rings. The highest BCUT2D eigenvalue weighted by Crippen LogP contribution is 2.26. The van der Waals surface area contributed by atoms with Gasteiger partial charge in [0.25, 0.3) is 0 Å². The van der Waals surface area contributed by atoms with Gasteiger partial charge >= 0.3 is 6.03 Å². The number of amides is 3. The van der Waals surface area contributed by atoms with Gasteiger partial charge in [-0.25, -0.2) is 14.8 Å². The molecule has 2 aromatic heterocycles. The molecule has 0 bridgehead atoms. The van der Waals surface area contributed by atoms with E-state index in [0.717, 1.165) is 37.0 Å². The lowest BCUT2D eigenvalue weighted by Gasteiger charge is -2.42. The first kappa shape index (κ1) is 28.7. The number of nitrogens with zero attached hydrogens (tertiary/aromatic N) is 6. The van der Waals surface area contributed by atoms with Gasteiger partial charge in [0.15, 0.2) is 0 Å². The van der Waals surface area contributed by atoms with Crippen LogP contribution in [0.5, 0.6) is 5.75 Å². The summed E-state index contributed by atoms with van der Waals surface area (Å²) in [5.41, 5.74) is 0.944. The summed E-state index contributed by atoms with van der Waals surface area (Å²) in [4.78, 5) is 43.7. The summed E-state index contributed by atoms with van der Waals surface area (Å²) in [5, 5.41) is 6.61. The first-order valence-corrected chi connectivity index (χ1v) is 14.6. The van der Waals surface area contributed by atoms with E-state index >= 15 is 0 Å². The average molecular weight is 581 g/mol. The molecule has 41 heavy (non-hydrogen) atoms. The van der Waals surface area contributed by atoms with Crippen molar-refractivity contribution in [2.24, 2.45) is 0 Å². The van der Waals surface area contributed by atoms with E-state index in [4.69, 9.17) is 21.3 Å². The van der Waals surface area contributed by atoms with Gasteiger partial charge in [0.2, 0.25) is 11.9 Å². The molecule has 1 aliphatic heterocycles. The molecule has 218 valence electrons. The first-order chi connectivity index (χ1) is 19.9. The van der Waals surface area contributed by atoms with Crippen molar-refractivity contribution in [2.75, 3.05) is 31.6 Å². The van der Waals surface area contributed by atoms with Crippen LogP contribution in [0.2, 0.25) is 5.15 Å². The summed E-state index contributed by atoms with van der Waals surface area (Å²) < 4.78 is 7.02. The predicted octanol–water partition coefficient (Wildman–Crippen LogP) is 4.12. The van der Waals surface area contributed by atoms with Gasteiger partial charge in [-0.1, -0.05) is 43.0 Å². The Morgan fingerprint density at radius 3 is 2.73 bits per heavy atom. The number of anilines is 1. The second-order valence-corrected chi connectivity index (χ2v) is 11.1. The van der Waals surface area contributed by atoms with Crippen molar-refractivity contribution in [3.8, 4) is 11.7 Å². The lowest BCUT2D eigenvalue weighted by molar-refractivity contribution is -0.122. The van der Waals surface area contributed by atoms with Gasteiger partial charge in [-0.3, -0.25) is 9.36 Å². The quantitative estimate of drug-likeness (QED) is 0.385. The highest BCUT2D eigenvalue weighted by Gasteiger charge is 2.33. The molecule has 0 radical (unpaired) electrons. The van der Waals surface area contributed by atoms with Crippen LogP contribution in [0, 0.1) is 0 Å². The van der Waals surface area contributed by atoms with Gasteiger partial charge in [-0.15, -0.1) is 0 Å². The molecule has 3 heterocycles. The van der Waals surface area contributed by atoms with Crippen LogP contribution in [-0.2, 0) is 4.79 Å². The van der Waals surface area contributed by atoms with Crippen LogP contribution in [0.15, 0.2) is 49.1 Å². The summed E-state index contributed by atoms with van der Waals surface area (Å²) in [5.74, 6) is 1.59.